The van der Waals surface area contributed by atoms with E-state index in [1.54, 1.807) is 34.6 Å². The fourth-order valence-electron chi connectivity index (χ4n) is 3.37. The second-order valence-electron chi connectivity index (χ2n) is 11.2. The van der Waals surface area contributed by atoms with Crippen LogP contribution in [0.4, 0.5) is 4.79 Å². The van der Waals surface area contributed by atoms with E-state index in [9.17, 15) is 19.5 Å². The first-order chi connectivity index (χ1) is 20.4. The van der Waals surface area contributed by atoms with Gasteiger partial charge in [0.1, 0.15) is 11.6 Å². The monoisotopic (exact) mass is 634 g/mol. The first-order valence-corrected chi connectivity index (χ1v) is 17.4. The van der Waals surface area contributed by atoms with Crippen molar-refractivity contribution in [3.05, 3.63) is 72.9 Å². The maximum Gasteiger partial charge on any atom is 0.408 e. The number of carboxylic acid groups (broad SMARTS) is 1. The molecule has 0 bridgehead atoms. The van der Waals surface area contributed by atoms with Gasteiger partial charge in [0.05, 0.1) is 4.75 Å². The maximum atomic E-state index is 12.1. The normalized spacial score (nSPS) is 13.7. The summed E-state index contributed by atoms with van der Waals surface area (Å²) in [4.78, 5) is 35.9. The summed E-state index contributed by atoms with van der Waals surface area (Å²) in [6, 6.07) is -1.13. The van der Waals surface area contributed by atoms with Crippen molar-refractivity contribution in [2.75, 3.05) is 12.3 Å². The van der Waals surface area contributed by atoms with Gasteiger partial charge in [-0.05, 0) is 79.6 Å². The summed E-state index contributed by atoms with van der Waals surface area (Å²) in [6.07, 6.45) is 32.0. The minimum Gasteiger partial charge on any atom is -0.480 e. The SMILES string of the molecule is CC/C=C\C/C=C\C/C=C\C/C=C\C/C=C\C/C=C\CCC(=O)NCCSSC(C)(C)C(NC(=O)OC(C)(C)C)C(=O)O. The van der Waals surface area contributed by atoms with E-state index in [0.29, 0.717) is 25.1 Å². The van der Waals surface area contributed by atoms with E-state index in [1.807, 2.05) is 6.08 Å². The van der Waals surface area contributed by atoms with E-state index < -0.39 is 28.5 Å². The van der Waals surface area contributed by atoms with Crippen LogP contribution in [-0.2, 0) is 14.3 Å². The van der Waals surface area contributed by atoms with Crippen molar-refractivity contribution in [1.29, 1.82) is 0 Å². The lowest BCUT2D eigenvalue weighted by Gasteiger charge is -2.31. The zero-order chi connectivity index (χ0) is 32.4. The van der Waals surface area contributed by atoms with Crippen LogP contribution in [-0.4, -0.2) is 51.8 Å². The fourth-order valence-corrected chi connectivity index (χ4v) is 5.90. The molecule has 0 saturated carbocycles. The van der Waals surface area contributed by atoms with E-state index in [1.165, 1.54) is 21.6 Å². The number of allylic oxidation sites excluding steroid dienone is 12. The molecule has 0 aromatic heterocycles. The summed E-state index contributed by atoms with van der Waals surface area (Å²) in [5.74, 6) is -0.538. The van der Waals surface area contributed by atoms with Crippen LogP contribution in [0.15, 0.2) is 72.9 Å². The molecule has 0 aromatic rings. The lowest BCUT2D eigenvalue weighted by Crippen LogP contribution is -2.53. The van der Waals surface area contributed by atoms with Gasteiger partial charge in [0, 0.05) is 18.7 Å². The van der Waals surface area contributed by atoms with Gasteiger partial charge >= 0.3 is 12.1 Å². The van der Waals surface area contributed by atoms with Gasteiger partial charge in [-0.15, -0.1) is 0 Å². The molecule has 0 fully saturated rings. The van der Waals surface area contributed by atoms with Gasteiger partial charge in [0.2, 0.25) is 5.91 Å². The predicted molar refractivity (Wildman–Crippen MR) is 185 cm³/mol. The van der Waals surface area contributed by atoms with Crippen LogP contribution in [0.5, 0.6) is 0 Å². The summed E-state index contributed by atoms with van der Waals surface area (Å²) in [5.41, 5.74) is -0.719. The molecule has 0 rings (SSSR count). The Morgan fingerprint density at radius 1 is 0.767 bits per heavy atom. The van der Waals surface area contributed by atoms with Crippen LogP contribution in [0.2, 0.25) is 0 Å². The summed E-state index contributed by atoms with van der Waals surface area (Å²) < 4.78 is 4.39. The Morgan fingerprint density at radius 2 is 1.23 bits per heavy atom. The largest absolute Gasteiger partial charge is 0.480 e. The fraction of sp³-hybridized carbons (Fsp3) is 0.559. The van der Waals surface area contributed by atoms with E-state index in [-0.39, 0.29) is 5.91 Å². The van der Waals surface area contributed by atoms with E-state index >= 15 is 0 Å². The average molecular weight is 635 g/mol. The summed E-state index contributed by atoms with van der Waals surface area (Å²) >= 11 is 0. The quantitative estimate of drug-likeness (QED) is 0.0621. The molecule has 2 amide bonds. The number of amides is 2. The Balaban J connectivity index is 4.00. The molecule has 3 N–H and O–H groups in total. The molecule has 0 aliphatic heterocycles. The minimum absolute atomic E-state index is 0.0144. The Bertz CT molecular complexity index is 976. The van der Waals surface area contributed by atoms with Gasteiger partial charge in [-0.1, -0.05) is 101 Å². The van der Waals surface area contributed by atoms with Gasteiger partial charge in [0.15, 0.2) is 0 Å². The molecule has 0 spiro atoms. The van der Waals surface area contributed by atoms with Gasteiger partial charge in [-0.2, -0.15) is 0 Å². The molecule has 1 atom stereocenters. The van der Waals surface area contributed by atoms with Crippen molar-refractivity contribution in [3.63, 3.8) is 0 Å². The number of rotatable bonds is 22. The van der Waals surface area contributed by atoms with Gasteiger partial charge in [-0.25, -0.2) is 9.59 Å². The first kappa shape index (κ1) is 40.4. The Hall–Kier alpha value is -2.65. The number of nitrogens with one attached hydrogen (secondary N) is 2. The highest BCUT2D eigenvalue weighted by Crippen LogP contribution is 2.38. The van der Waals surface area contributed by atoms with Crippen LogP contribution in [0, 0.1) is 0 Å². The molecule has 242 valence electrons. The topological polar surface area (TPSA) is 105 Å². The van der Waals surface area contributed by atoms with Crippen LogP contribution in [0.25, 0.3) is 0 Å². The molecule has 0 aromatic carbocycles. The smallest absolute Gasteiger partial charge is 0.408 e. The third-order valence-corrected chi connectivity index (χ3v) is 8.82. The molecule has 0 aliphatic rings. The molecule has 0 aliphatic carbocycles. The highest BCUT2D eigenvalue weighted by Gasteiger charge is 2.38. The predicted octanol–water partition coefficient (Wildman–Crippen LogP) is 8.72. The molecule has 1 unspecified atom stereocenters. The zero-order valence-corrected chi connectivity index (χ0v) is 28.6. The Labute approximate surface area is 268 Å². The van der Waals surface area contributed by atoms with Crippen LogP contribution >= 0.6 is 21.6 Å². The highest BCUT2D eigenvalue weighted by atomic mass is 33.1. The van der Waals surface area contributed by atoms with E-state index in [2.05, 4.69) is 84.4 Å². The summed E-state index contributed by atoms with van der Waals surface area (Å²) in [6.45, 7) is 11.3. The van der Waals surface area contributed by atoms with Crippen molar-refractivity contribution in [1.82, 2.24) is 10.6 Å². The molecular weight excluding hydrogens is 581 g/mol. The lowest BCUT2D eigenvalue weighted by molar-refractivity contribution is -0.140. The highest BCUT2D eigenvalue weighted by molar-refractivity contribution is 8.77. The van der Waals surface area contributed by atoms with Gasteiger partial charge in [-0.3, -0.25) is 4.79 Å². The minimum atomic E-state index is -1.13. The number of aliphatic carboxylic acids is 1. The van der Waals surface area contributed by atoms with Crippen molar-refractivity contribution >= 4 is 39.6 Å². The number of carboxylic acids is 1. The van der Waals surface area contributed by atoms with Crippen molar-refractivity contribution in [2.24, 2.45) is 0 Å². The van der Waals surface area contributed by atoms with E-state index in [0.717, 1.165) is 38.5 Å². The standard InChI is InChI=1S/C34H54N2O5S2/c1-7-8-9-10-11-12-13-14-15-16-17-18-19-20-21-22-23-24-25-26-29(37)35-27-28-42-43-34(5,6)30(31(38)39)36-32(40)41-33(2,3)4/h8-9,11-12,14-15,17-18,20-21,23-24,30H,7,10,13,16,19,22,25-28H2,1-6H3,(H,35,37)(H,36,40)(H,38,39)/b9-8-,12-11-,15-14-,18-17-,21-20-,24-23-. The van der Waals surface area contributed by atoms with Crippen LogP contribution in [0.1, 0.15) is 92.9 Å². The number of hydrogen-bond acceptors (Lipinski definition) is 6. The van der Waals surface area contributed by atoms with Crippen LogP contribution < -0.4 is 10.6 Å². The Kier molecular flexibility index (Phi) is 23.2. The third-order valence-electron chi connectivity index (χ3n) is 5.52. The van der Waals surface area contributed by atoms with Crippen LogP contribution in [0.3, 0.4) is 0 Å². The summed E-state index contributed by atoms with van der Waals surface area (Å²) in [5, 5.41) is 15.0. The van der Waals surface area contributed by atoms with Gasteiger partial charge in [0.25, 0.3) is 0 Å². The molecule has 0 radical (unpaired) electrons. The molecular formula is C34H54N2O5S2. The lowest BCUT2D eigenvalue weighted by atomic mass is 10.0. The zero-order valence-electron chi connectivity index (χ0n) is 27.0. The van der Waals surface area contributed by atoms with E-state index in [4.69, 9.17) is 4.74 Å². The number of ether oxygens (including phenoxy) is 1. The summed E-state index contributed by atoms with van der Waals surface area (Å²) in [7, 11) is 2.81. The number of hydrogen-bond donors (Lipinski definition) is 3. The average Bonchev–Trinajstić information content (AvgIpc) is 2.91. The third kappa shape index (κ3) is 25.6. The number of carbonyl (C=O) groups is 3. The Morgan fingerprint density at radius 3 is 1.67 bits per heavy atom. The maximum absolute atomic E-state index is 12.1. The molecule has 43 heavy (non-hydrogen) atoms. The molecule has 9 heteroatoms. The number of carbonyl (C=O) groups excluding carboxylic acids is 2. The van der Waals surface area contributed by atoms with Gasteiger partial charge < -0.3 is 20.5 Å². The molecule has 0 saturated heterocycles. The first-order valence-electron chi connectivity index (χ1n) is 15.1. The number of alkyl carbamates (subject to hydrolysis) is 1. The molecule has 7 nitrogen and oxygen atoms in total. The van der Waals surface area contributed by atoms with Crippen molar-refractivity contribution in [2.45, 2.75) is 109 Å². The van der Waals surface area contributed by atoms with Crippen molar-refractivity contribution in [3.8, 4) is 0 Å². The second kappa shape index (κ2) is 24.8. The second-order valence-corrected chi connectivity index (χ2v) is 14.3. The van der Waals surface area contributed by atoms with Crippen molar-refractivity contribution < 1.29 is 24.2 Å². The molecule has 0 heterocycles.